The Hall–Kier alpha value is -2.15. The molecule has 0 radical (unpaired) electrons. The van der Waals surface area contributed by atoms with Gasteiger partial charge in [0.2, 0.25) is 0 Å². The number of imidazole rings is 1. The van der Waals surface area contributed by atoms with Gasteiger partial charge < -0.3 is 14.6 Å². The molecule has 1 fully saturated rings. The highest BCUT2D eigenvalue weighted by Crippen LogP contribution is 2.23. The average molecular weight is 275 g/mol. The zero-order valence-electron chi connectivity index (χ0n) is 11.4. The molecule has 0 atom stereocenters. The summed E-state index contributed by atoms with van der Waals surface area (Å²) < 4.78 is 1.97. The van der Waals surface area contributed by atoms with Gasteiger partial charge in [0.15, 0.2) is 5.82 Å². The highest BCUT2D eigenvalue weighted by atomic mass is 16.4. The van der Waals surface area contributed by atoms with Crippen molar-refractivity contribution in [2.45, 2.75) is 0 Å². The van der Waals surface area contributed by atoms with E-state index < -0.39 is 5.97 Å². The third-order valence-corrected chi connectivity index (χ3v) is 3.65. The Kier molecular flexibility index (Phi) is 3.27. The quantitative estimate of drug-likeness (QED) is 0.861. The van der Waals surface area contributed by atoms with Crippen LogP contribution in [0.25, 0.3) is 11.0 Å². The fourth-order valence-electron chi connectivity index (χ4n) is 2.59. The molecule has 3 heterocycles. The van der Waals surface area contributed by atoms with Gasteiger partial charge in [-0.2, -0.15) is 0 Å². The Morgan fingerprint density at radius 3 is 2.75 bits per heavy atom. The largest absolute Gasteiger partial charge is 0.480 e. The number of aliphatic carboxylic acids is 1. The molecule has 7 nitrogen and oxygen atoms in total. The minimum absolute atomic E-state index is 0.106. The molecule has 0 spiro atoms. The van der Waals surface area contributed by atoms with Crippen LogP contribution in [0.2, 0.25) is 0 Å². The lowest BCUT2D eigenvalue weighted by Gasteiger charge is -2.34. The third kappa shape index (κ3) is 2.32. The second-order valence-electron chi connectivity index (χ2n) is 5.01. The molecule has 1 saturated heterocycles. The summed E-state index contributed by atoms with van der Waals surface area (Å²) in [6.45, 7) is 3.12. The Morgan fingerprint density at radius 1 is 1.30 bits per heavy atom. The first-order valence-corrected chi connectivity index (χ1v) is 6.60. The average Bonchev–Trinajstić information content (AvgIpc) is 2.81. The van der Waals surface area contributed by atoms with Crippen molar-refractivity contribution in [1.82, 2.24) is 19.4 Å². The van der Waals surface area contributed by atoms with Crippen molar-refractivity contribution in [3.05, 3.63) is 18.6 Å². The van der Waals surface area contributed by atoms with Crippen LogP contribution in [-0.4, -0.2) is 63.2 Å². The molecule has 0 aromatic carbocycles. The van der Waals surface area contributed by atoms with E-state index in [9.17, 15) is 4.79 Å². The van der Waals surface area contributed by atoms with Gasteiger partial charge in [-0.1, -0.05) is 0 Å². The molecule has 0 saturated carbocycles. The molecule has 3 rings (SSSR count). The maximum absolute atomic E-state index is 10.7. The second kappa shape index (κ2) is 5.09. The highest BCUT2D eigenvalue weighted by Gasteiger charge is 2.21. The number of aryl methyl sites for hydroxylation is 1. The zero-order chi connectivity index (χ0) is 14.1. The molecule has 2 aromatic heterocycles. The van der Waals surface area contributed by atoms with E-state index in [4.69, 9.17) is 5.11 Å². The summed E-state index contributed by atoms with van der Waals surface area (Å²) >= 11 is 0. The molecular formula is C13H17N5O2. The molecule has 20 heavy (non-hydrogen) atoms. The number of anilines is 1. The van der Waals surface area contributed by atoms with Crippen LogP contribution < -0.4 is 4.90 Å². The van der Waals surface area contributed by atoms with E-state index >= 15 is 0 Å². The summed E-state index contributed by atoms with van der Waals surface area (Å²) in [5.74, 6) is 0.112. The number of pyridine rings is 1. The number of hydrogen-bond donors (Lipinski definition) is 1. The van der Waals surface area contributed by atoms with Crippen molar-refractivity contribution >= 4 is 22.8 Å². The first-order valence-electron chi connectivity index (χ1n) is 6.60. The van der Waals surface area contributed by atoms with E-state index in [1.165, 1.54) is 0 Å². The second-order valence-corrected chi connectivity index (χ2v) is 5.01. The number of hydrogen-bond acceptors (Lipinski definition) is 5. The van der Waals surface area contributed by atoms with E-state index in [2.05, 4.69) is 14.9 Å². The SMILES string of the molecule is Cn1cnc2c(N3CCN(CC(=O)O)CC3)nccc21. The van der Waals surface area contributed by atoms with Gasteiger partial charge in [0.1, 0.15) is 5.52 Å². The Balaban J connectivity index is 1.78. The maximum Gasteiger partial charge on any atom is 0.317 e. The van der Waals surface area contributed by atoms with Gasteiger partial charge in [-0.3, -0.25) is 9.69 Å². The van der Waals surface area contributed by atoms with Crippen LogP contribution in [0.3, 0.4) is 0 Å². The van der Waals surface area contributed by atoms with Crippen LogP contribution in [0.4, 0.5) is 5.82 Å². The number of piperazine rings is 1. The van der Waals surface area contributed by atoms with Crippen molar-refractivity contribution in [3.8, 4) is 0 Å². The minimum atomic E-state index is -0.775. The first-order chi connectivity index (χ1) is 9.65. The summed E-state index contributed by atoms with van der Waals surface area (Å²) in [5.41, 5.74) is 1.96. The summed E-state index contributed by atoms with van der Waals surface area (Å²) in [7, 11) is 1.96. The van der Waals surface area contributed by atoms with E-state index in [0.717, 1.165) is 43.0 Å². The van der Waals surface area contributed by atoms with E-state index in [-0.39, 0.29) is 6.54 Å². The Bertz CT molecular complexity index is 631. The number of fused-ring (bicyclic) bond motifs is 1. The maximum atomic E-state index is 10.7. The predicted octanol–water partition coefficient (Wildman–Crippen LogP) is 0.175. The number of aromatic nitrogens is 3. The molecule has 1 N–H and O–H groups in total. The van der Waals surface area contributed by atoms with Crippen LogP contribution in [-0.2, 0) is 11.8 Å². The third-order valence-electron chi connectivity index (χ3n) is 3.65. The lowest BCUT2D eigenvalue weighted by atomic mass is 10.3. The number of carbonyl (C=O) groups is 1. The molecular weight excluding hydrogens is 258 g/mol. The molecule has 1 aliphatic rings. The lowest BCUT2D eigenvalue weighted by molar-refractivity contribution is -0.138. The monoisotopic (exact) mass is 275 g/mol. The van der Waals surface area contributed by atoms with Crippen LogP contribution in [0.1, 0.15) is 0 Å². The molecule has 1 aliphatic heterocycles. The summed E-state index contributed by atoms with van der Waals surface area (Å²) in [6.07, 6.45) is 3.58. The van der Waals surface area contributed by atoms with Gasteiger partial charge in [-0.15, -0.1) is 0 Å². The number of carboxylic acids is 1. The van der Waals surface area contributed by atoms with Gasteiger partial charge >= 0.3 is 5.97 Å². The fraction of sp³-hybridized carbons (Fsp3) is 0.462. The lowest BCUT2D eigenvalue weighted by Crippen LogP contribution is -2.48. The molecule has 106 valence electrons. The summed E-state index contributed by atoms with van der Waals surface area (Å²) in [6, 6.07) is 1.95. The zero-order valence-corrected chi connectivity index (χ0v) is 11.4. The van der Waals surface area contributed by atoms with Crippen LogP contribution in [0.5, 0.6) is 0 Å². The smallest absolute Gasteiger partial charge is 0.317 e. The van der Waals surface area contributed by atoms with Crippen LogP contribution >= 0.6 is 0 Å². The Morgan fingerprint density at radius 2 is 2.05 bits per heavy atom. The van der Waals surface area contributed by atoms with Crippen molar-refractivity contribution in [3.63, 3.8) is 0 Å². The Labute approximate surface area is 116 Å². The molecule has 0 bridgehead atoms. The van der Waals surface area contributed by atoms with E-state index in [1.54, 1.807) is 12.5 Å². The normalized spacial score (nSPS) is 16.8. The number of nitrogens with zero attached hydrogens (tertiary/aromatic N) is 5. The predicted molar refractivity (Wildman–Crippen MR) is 74.8 cm³/mol. The summed E-state index contributed by atoms with van der Waals surface area (Å²) in [5, 5.41) is 8.81. The highest BCUT2D eigenvalue weighted by molar-refractivity contribution is 5.86. The van der Waals surface area contributed by atoms with Gasteiger partial charge in [0.25, 0.3) is 0 Å². The number of rotatable bonds is 3. The first kappa shape index (κ1) is 12.9. The van der Waals surface area contributed by atoms with Crippen molar-refractivity contribution in [2.24, 2.45) is 7.05 Å². The van der Waals surface area contributed by atoms with E-state index in [0.29, 0.717) is 0 Å². The van der Waals surface area contributed by atoms with Gasteiger partial charge in [-0.25, -0.2) is 9.97 Å². The van der Waals surface area contributed by atoms with Gasteiger partial charge in [0, 0.05) is 39.4 Å². The van der Waals surface area contributed by atoms with Gasteiger partial charge in [-0.05, 0) is 6.07 Å². The number of carboxylic acid groups (broad SMARTS) is 1. The standard InChI is InChI=1S/C13H17N5O2/c1-16-9-15-12-10(16)2-3-14-13(12)18-6-4-17(5-7-18)8-11(19)20/h2-3,9H,4-8H2,1H3,(H,19,20). The molecule has 0 amide bonds. The van der Waals surface area contributed by atoms with Crippen molar-refractivity contribution < 1.29 is 9.90 Å². The molecule has 2 aromatic rings. The van der Waals surface area contributed by atoms with Gasteiger partial charge in [0.05, 0.1) is 18.4 Å². The molecule has 0 unspecified atom stereocenters. The molecule has 0 aliphatic carbocycles. The van der Waals surface area contributed by atoms with Crippen molar-refractivity contribution in [1.29, 1.82) is 0 Å². The topological polar surface area (TPSA) is 74.5 Å². The molecule has 7 heteroatoms. The van der Waals surface area contributed by atoms with Crippen molar-refractivity contribution in [2.75, 3.05) is 37.6 Å². The fourth-order valence-corrected chi connectivity index (χ4v) is 2.59. The van der Waals surface area contributed by atoms with Crippen LogP contribution in [0, 0.1) is 0 Å². The van der Waals surface area contributed by atoms with Crippen LogP contribution in [0.15, 0.2) is 18.6 Å². The van der Waals surface area contributed by atoms with E-state index in [1.807, 2.05) is 22.6 Å². The minimum Gasteiger partial charge on any atom is -0.480 e. The summed E-state index contributed by atoms with van der Waals surface area (Å²) in [4.78, 5) is 23.7.